The van der Waals surface area contributed by atoms with Crippen molar-refractivity contribution in [2.24, 2.45) is 0 Å². The molecule has 1 aromatic carbocycles. The van der Waals surface area contributed by atoms with E-state index in [-0.39, 0.29) is 13.2 Å². The average molecular weight is 319 g/mol. The van der Waals surface area contributed by atoms with Crippen LogP contribution in [0.5, 0.6) is 5.75 Å². The highest BCUT2D eigenvalue weighted by molar-refractivity contribution is 9.10. The summed E-state index contributed by atoms with van der Waals surface area (Å²) in [7, 11) is 2.79. The summed E-state index contributed by atoms with van der Waals surface area (Å²) in [6.07, 6.45) is -0.750. The first-order chi connectivity index (χ1) is 8.58. The van der Waals surface area contributed by atoms with Gasteiger partial charge in [0.2, 0.25) is 0 Å². The largest absolute Gasteiger partial charge is 0.490 e. The first kappa shape index (κ1) is 14.9. The van der Waals surface area contributed by atoms with E-state index in [0.717, 1.165) is 4.47 Å². The van der Waals surface area contributed by atoms with Crippen molar-refractivity contribution in [2.75, 3.05) is 27.4 Å². The van der Waals surface area contributed by atoms with Crippen LogP contribution in [-0.4, -0.2) is 44.6 Å². The summed E-state index contributed by atoms with van der Waals surface area (Å²) in [5.74, 6) is -0.134. The van der Waals surface area contributed by atoms with Crippen LogP contribution in [0.2, 0.25) is 0 Å². The fraction of sp³-hybridized carbons (Fsp3) is 0.417. The Bertz CT molecular complexity index is 407. The van der Waals surface area contributed by atoms with Crippen LogP contribution in [-0.2, 0) is 9.47 Å². The maximum absolute atomic E-state index is 11.5. The van der Waals surface area contributed by atoms with Gasteiger partial charge in [0.1, 0.15) is 24.0 Å². The Hall–Kier alpha value is -1.11. The fourth-order valence-corrected chi connectivity index (χ4v) is 1.66. The molecule has 0 unspecified atom stereocenters. The van der Waals surface area contributed by atoms with E-state index in [1.807, 2.05) is 0 Å². The summed E-state index contributed by atoms with van der Waals surface area (Å²) >= 11 is 3.29. The van der Waals surface area contributed by atoms with Gasteiger partial charge in [0.05, 0.1) is 13.7 Å². The van der Waals surface area contributed by atoms with E-state index in [2.05, 4.69) is 20.7 Å². The average Bonchev–Trinajstić information content (AvgIpc) is 2.36. The molecule has 0 amide bonds. The number of ether oxygens (including phenoxy) is 3. The summed E-state index contributed by atoms with van der Waals surface area (Å²) in [5, 5.41) is 9.49. The Kier molecular flexibility index (Phi) is 6.11. The standard InChI is InChI=1S/C12H15BrO5/c1-16-6-9(14)7-18-11-5-8(13)3-4-10(11)12(15)17-2/h3-5,9,14H,6-7H2,1-2H3/t9-/m0/s1. The Morgan fingerprint density at radius 3 is 2.72 bits per heavy atom. The first-order valence-corrected chi connectivity index (χ1v) is 6.05. The van der Waals surface area contributed by atoms with Crippen LogP contribution in [0.25, 0.3) is 0 Å². The maximum Gasteiger partial charge on any atom is 0.341 e. The number of rotatable bonds is 6. The third-order valence-corrected chi connectivity index (χ3v) is 2.63. The Morgan fingerprint density at radius 1 is 1.39 bits per heavy atom. The summed E-state index contributed by atoms with van der Waals surface area (Å²) in [5.41, 5.74) is 0.310. The van der Waals surface area contributed by atoms with Gasteiger partial charge in [-0.3, -0.25) is 0 Å². The quantitative estimate of drug-likeness (QED) is 0.807. The van der Waals surface area contributed by atoms with Crippen molar-refractivity contribution >= 4 is 21.9 Å². The molecule has 1 aromatic rings. The van der Waals surface area contributed by atoms with Crippen molar-refractivity contribution in [3.63, 3.8) is 0 Å². The molecule has 0 fully saturated rings. The van der Waals surface area contributed by atoms with Gasteiger partial charge < -0.3 is 19.3 Å². The van der Waals surface area contributed by atoms with E-state index in [1.54, 1.807) is 18.2 Å². The van der Waals surface area contributed by atoms with E-state index in [1.165, 1.54) is 14.2 Å². The van der Waals surface area contributed by atoms with Gasteiger partial charge in [0.25, 0.3) is 0 Å². The molecule has 1 rings (SSSR count). The number of methoxy groups -OCH3 is 2. The lowest BCUT2D eigenvalue weighted by atomic mass is 10.2. The molecule has 6 heteroatoms. The number of esters is 1. The number of halogens is 1. The minimum atomic E-state index is -0.750. The number of aliphatic hydroxyl groups is 1. The van der Waals surface area contributed by atoms with Crippen molar-refractivity contribution in [3.8, 4) is 5.75 Å². The Balaban J connectivity index is 2.79. The van der Waals surface area contributed by atoms with Crippen molar-refractivity contribution in [2.45, 2.75) is 6.10 Å². The lowest BCUT2D eigenvalue weighted by Gasteiger charge is -2.14. The highest BCUT2D eigenvalue weighted by atomic mass is 79.9. The van der Waals surface area contributed by atoms with Crippen LogP contribution in [0.15, 0.2) is 22.7 Å². The van der Waals surface area contributed by atoms with Crippen LogP contribution in [0.3, 0.4) is 0 Å². The molecule has 1 atom stereocenters. The summed E-state index contributed by atoms with van der Waals surface area (Å²) in [4.78, 5) is 11.5. The molecule has 0 spiro atoms. The minimum Gasteiger partial charge on any atom is -0.490 e. The van der Waals surface area contributed by atoms with Crippen LogP contribution in [0.1, 0.15) is 10.4 Å². The molecule has 0 aliphatic rings. The molecule has 0 aliphatic carbocycles. The predicted molar refractivity (Wildman–Crippen MR) is 68.9 cm³/mol. The van der Waals surface area contributed by atoms with Gasteiger partial charge in [-0.1, -0.05) is 15.9 Å². The van der Waals surface area contributed by atoms with Gasteiger partial charge in [-0.15, -0.1) is 0 Å². The topological polar surface area (TPSA) is 65.0 Å². The second-order valence-electron chi connectivity index (χ2n) is 3.55. The van der Waals surface area contributed by atoms with E-state index in [0.29, 0.717) is 11.3 Å². The zero-order valence-electron chi connectivity index (χ0n) is 10.2. The molecule has 1 N–H and O–H groups in total. The van der Waals surface area contributed by atoms with Gasteiger partial charge in [-0.25, -0.2) is 4.79 Å². The second-order valence-corrected chi connectivity index (χ2v) is 4.47. The molecule has 0 bridgehead atoms. The predicted octanol–water partition coefficient (Wildman–Crippen LogP) is 1.62. The van der Waals surface area contributed by atoms with E-state index in [9.17, 15) is 9.90 Å². The maximum atomic E-state index is 11.5. The van der Waals surface area contributed by atoms with Crippen LogP contribution < -0.4 is 4.74 Å². The van der Waals surface area contributed by atoms with Crippen LogP contribution in [0, 0.1) is 0 Å². The second kappa shape index (κ2) is 7.35. The Morgan fingerprint density at radius 2 is 2.11 bits per heavy atom. The third-order valence-electron chi connectivity index (χ3n) is 2.14. The number of hydrogen-bond donors (Lipinski definition) is 1. The fourth-order valence-electron chi connectivity index (χ4n) is 1.32. The van der Waals surface area contributed by atoms with Crippen molar-refractivity contribution in [1.82, 2.24) is 0 Å². The van der Waals surface area contributed by atoms with Crippen molar-refractivity contribution in [3.05, 3.63) is 28.2 Å². The smallest absolute Gasteiger partial charge is 0.341 e. The summed E-state index contributed by atoms with van der Waals surface area (Å²) in [6.45, 7) is 0.204. The molecule has 0 aromatic heterocycles. The van der Waals surface area contributed by atoms with Gasteiger partial charge in [0.15, 0.2) is 0 Å². The van der Waals surface area contributed by atoms with Gasteiger partial charge in [-0.05, 0) is 18.2 Å². The molecule has 0 heterocycles. The third kappa shape index (κ3) is 4.29. The van der Waals surface area contributed by atoms with Crippen LogP contribution >= 0.6 is 15.9 Å². The first-order valence-electron chi connectivity index (χ1n) is 5.26. The molecule has 0 aliphatic heterocycles. The van der Waals surface area contributed by atoms with Gasteiger partial charge >= 0.3 is 5.97 Å². The number of carbonyl (C=O) groups excluding carboxylic acids is 1. The van der Waals surface area contributed by atoms with E-state index >= 15 is 0 Å². The number of aliphatic hydroxyl groups excluding tert-OH is 1. The highest BCUT2D eigenvalue weighted by Gasteiger charge is 2.14. The van der Waals surface area contributed by atoms with Gasteiger partial charge in [-0.2, -0.15) is 0 Å². The number of hydrogen-bond acceptors (Lipinski definition) is 5. The molecular weight excluding hydrogens is 304 g/mol. The SMILES string of the molecule is COC[C@H](O)COc1cc(Br)ccc1C(=O)OC. The molecule has 0 radical (unpaired) electrons. The zero-order valence-corrected chi connectivity index (χ0v) is 11.8. The minimum absolute atomic E-state index is 0.0360. The van der Waals surface area contributed by atoms with E-state index < -0.39 is 12.1 Å². The van der Waals surface area contributed by atoms with E-state index in [4.69, 9.17) is 9.47 Å². The Labute approximate surface area is 114 Å². The van der Waals surface area contributed by atoms with Gasteiger partial charge in [0, 0.05) is 11.6 Å². The van der Waals surface area contributed by atoms with Crippen LogP contribution in [0.4, 0.5) is 0 Å². The zero-order chi connectivity index (χ0) is 13.5. The lowest BCUT2D eigenvalue weighted by molar-refractivity contribution is 0.0316. The van der Waals surface area contributed by atoms with Crippen molar-refractivity contribution in [1.29, 1.82) is 0 Å². The number of carbonyl (C=O) groups is 1. The summed E-state index contributed by atoms with van der Waals surface area (Å²) in [6, 6.07) is 4.95. The monoisotopic (exact) mass is 318 g/mol. The molecule has 5 nitrogen and oxygen atoms in total. The molecule has 18 heavy (non-hydrogen) atoms. The molecular formula is C12H15BrO5. The summed E-state index contributed by atoms with van der Waals surface area (Å²) < 4.78 is 15.6. The molecule has 0 saturated heterocycles. The molecule has 100 valence electrons. The lowest BCUT2D eigenvalue weighted by Crippen LogP contribution is -2.23. The normalized spacial score (nSPS) is 12.0. The van der Waals surface area contributed by atoms with Crippen molar-refractivity contribution < 1.29 is 24.1 Å². The number of benzene rings is 1. The highest BCUT2D eigenvalue weighted by Crippen LogP contribution is 2.24. The molecule has 0 saturated carbocycles.